The first-order valence-electron chi connectivity index (χ1n) is 6.51. The average Bonchev–Trinajstić information content (AvgIpc) is 2.44. The molecule has 0 aliphatic heterocycles. The number of nitrogens with two attached hydrogens (primary N) is 1. The first-order chi connectivity index (χ1) is 9.61. The molecule has 0 bridgehead atoms. The Kier molecular flexibility index (Phi) is 5.29. The smallest absolute Gasteiger partial charge is 0.123 e. The Balaban J connectivity index is 2.15. The fraction of sp³-hybridized carbons (Fsp3) is 0.250. The van der Waals surface area contributed by atoms with Crippen molar-refractivity contribution in [1.29, 1.82) is 0 Å². The van der Waals surface area contributed by atoms with E-state index in [4.69, 9.17) is 5.73 Å². The molecule has 0 fully saturated rings. The predicted molar refractivity (Wildman–Crippen MR) is 83.8 cm³/mol. The van der Waals surface area contributed by atoms with Crippen molar-refractivity contribution in [2.24, 2.45) is 5.73 Å². The number of nitrogens with zero attached hydrogens (tertiary/aromatic N) is 1. The van der Waals surface area contributed by atoms with Crippen LogP contribution in [0.15, 0.2) is 53.0 Å². The van der Waals surface area contributed by atoms with E-state index >= 15 is 0 Å². The molecule has 1 unspecified atom stereocenters. The van der Waals surface area contributed by atoms with Crippen LogP contribution in [0.1, 0.15) is 17.2 Å². The third kappa shape index (κ3) is 3.66. The van der Waals surface area contributed by atoms with Crippen LogP contribution >= 0.6 is 15.9 Å². The largest absolute Gasteiger partial charge is 0.329 e. The van der Waals surface area contributed by atoms with Gasteiger partial charge in [0.25, 0.3) is 0 Å². The van der Waals surface area contributed by atoms with Crippen molar-refractivity contribution in [3.63, 3.8) is 0 Å². The highest BCUT2D eigenvalue weighted by Crippen LogP contribution is 2.23. The Morgan fingerprint density at radius 1 is 1.15 bits per heavy atom. The molecule has 0 heterocycles. The predicted octanol–water partition coefficient (Wildman–Crippen LogP) is 3.72. The maximum Gasteiger partial charge on any atom is 0.123 e. The lowest BCUT2D eigenvalue weighted by Crippen LogP contribution is -2.30. The number of rotatable bonds is 5. The molecule has 0 aromatic heterocycles. The van der Waals surface area contributed by atoms with Gasteiger partial charge >= 0.3 is 0 Å². The zero-order chi connectivity index (χ0) is 14.5. The first kappa shape index (κ1) is 15.2. The highest BCUT2D eigenvalue weighted by molar-refractivity contribution is 9.10. The zero-order valence-corrected chi connectivity index (χ0v) is 13.0. The lowest BCUT2D eigenvalue weighted by Gasteiger charge is -2.27. The Hall–Kier alpha value is -1.23. The molecule has 20 heavy (non-hydrogen) atoms. The molecule has 1 atom stereocenters. The minimum absolute atomic E-state index is 0.0720. The van der Waals surface area contributed by atoms with E-state index < -0.39 is 0 Å². The van der Waals surface area contributed by atoms with E-state index in [1.165, 1.54) is 17.7 Å². The molecule has 0 saturated carbocycles. The molecule has 0 saturated heterocycles. The van der Waals surface area contributed by atoms with E-state index in [0.717, 1.165) is 16.6 Å². The zero-order valence-electron chi connectivity index (χ0n) is 11.4. The summed E-state index contributed by atoms with van der Waals surface area (Å²) in [5.41, 5.74) is 8.12. The summed E-state index contributed by atoms with van der Waals surface area (Å²) in [5, 5.41) is 0. The van der Waals surface area contributed by atoms with Crippen LogP contribution < -0.4 is 5.73 Å². The summed E-state index contributed by atoms with van der Waals surface area (Å²) < 4.78 is 14.1. The van der Waals surface area contributed by atoms with E-state index in [-0.39, 0.29) is 11.9 Å². The monoisotopic (exact) mass is 336 g/mol. The van der Waals surface area contributed by atoms with Gasteiger partial charge in [-0.1, -0.05) is 46.3 Å². The van der Waals surface area contributed by atoms with Crippen LogP contribution in [0.2, 0.25) is 0 Å². The van der Waals surface area contributed by atoms with E-state index in [1.54, 1.807) is 12.1 Å². The van der Waals surface area contributed by atoms with Crippen LogP contribution in [-0.2, 0) is 6.54 Å². The van der Waals surface area contributed by atoms with Gasteiger partial charge in [-0.2, -0.15) is 0 Å². The van der Waals surface area contributed by atoms with E-state index in [2.05, 4.69) is 26.9 Å². The SMILES string of the molecule is CN(Cc1ccccc1Br)C(CN)c1ccc(F)cc1. The Morgan fingerprint density at radius 2 is 1.80 bits per heavy atom. The first-order valence-corrected chi connectivity index (χ1v) is 7.30. The Morgan fingerprint density at radius 3 is 2.40 bits per heavy atom. The molecule has 2 N–H and O–H groups in total. The molecule has 0 spiro atoms. The van der Waals surface area contributed by atoms with Crippen molar-refractivity contribution in [2.75, 3.05) is 13.6 Å². The maximum atomic E-state index is 13.0. The molecule has 4 heteroatoms. The lowest BCUT2D eigenvalue weighted by atomic mass is 10.0. The summed E-state index contributed by atoms with van der Waals surface area (Å²) in [4.78, 5) is 2.17. The molecule has 0 aliphatic carbocycles. The second kappa shape index (κ2) is 6.97. The molecule has 0 radical (unpaired) electrons. The van der Waals surface area contributed by atoms with Gasteiger partial charge in [0, 0.05) is 23.6 Å². The van der Waals surface area contributed by atoms with Gasteiger partial charge in [-0.15, -0.1) is 0 Å². The maximum absolute atomic E-state index is 13.0. The van der Waals surface area contributed by atoms with Crippen LogP contribution in [0.5, 0.6) is 0 Å². The minimum atomic E-state index is -0.224. The summed E-state index contributed by atoms with van der Waals surface area (Å²) >= 11 is 3.55. The van der Waals surface area contributed by atoms with Gasteiger partial charge in [0.05, 0.1) is 0 Å². The highest BCUT2D eigenvalue weighted by atomic mass is 79.9. The van der Waals surface area contributed by atoms with Crippen molar-refractivity contribution in [3.8, 4) is 0 Å². The summed E-state index contributed by atoms with van der Waals surface area (Å²) in [6.07, 6.45) is 0. The molecule has 106 valence electrons. The van der Waals surface area contributed by atoms with Gasteiger partial charge in [-0.05, 0) is 36.4 Å². The molecule has 2 nitrogen and oxygen atoms in total. The van der Waals surface area contributed by atoms with Crippen molar-refractivity contribution in [2.45, 2.75) is 12.6 Å². The molecular weight excluding hydrogens is 319 g/mol. The van der Waals surface area contributed by atoms with Crippen molar-refractivity contribution in [1.82, 2.24) is 4.90 Å². The van der Waals surface area contributed by atoms with Crippen molar-refractivity contribution >= 4 is 15.9 Å². The number of benzene rings is 2. The van der Waals surface area contributed by atoms with E-state index in [0.29, 0.717) is 6.54 Å². The summed E-state index contributed by atoms with van der Waals surface area (Å²) in [5.74, 6) is -0.224. The quantitative estimate of drug-likeness (QED) is 0.901. The van der Waals surface area contributed by atoms with Gasteiger partial charge in [0.15, 0.2) is 0 Å². The third-order valence-corrected chi connectivity index (χ3v) is 4.16. The van der Waals surface area contributed by atoms with Crippen LogP contribution in [0.3, 0.4) is 0 Å². The van der Waals surface area contributed by atoms with Crippen LogP contribution in [0.4, 0.5) is 4.39 Å². The molecule has 2 rings (SSSR count). The van der Waals surface area contributed by atoms with Crippen molar-refractivity contribution in [3.05, 3.63) is 69.9 Å². The molecule has 2 aromatic rings. The molecule has 2 aromatic carbocycles. The Bertz CT molecular complexity index is 557. The van der Waals surface area contributed by atoms with Crippen LogP contribution in [0, 0.1) is 5.82 Å². The average molecular weight is 337 g/mol. The second-order valence-electron chi connectivity index (χ2n) is 4.81. The minimum Gasteiger partial charge on any atom is -0.329 e. The number of halogens is 2. The number of hydrogen-bond acceptors (Lipinski definition) is 2. The fourth-order valence-electron chi connectivity index (χ4n) is 2.26. The topological polar surface area (TPSA) is 29.3 Å². The standard InChI is InChI=1S/C16H18BrFN2/c1-20(11-13-4-2-3-5-15(13)17)16(10-19)12-6-8-14(18)9-7-12/h2-9,16H,10-11,19H2,1H3. The van der Waals surface area contributed by atoms with Gasteiger partial charge in [-0.3, -0.25) is 4.90 Å². The van der Waals surface area contributed by atoms with Crippen LogP contribution in [-0.4, -0.2) is 18.5 Å². The number of hydrogen-bond donors (Lipinski definition) is 1. The molecule has 0 amide bonds. The van der Waals surface area contributed by atoms with Gasteiger partial charge in [0.2, 0.25) is 0 Å². The van der Waals surface area contributed by atoms with Crippen molar-refractivity contribution < 1.29 is 4.39 Å². The highest BCUT2D eigenvalue weighted by Gasteiger charge is 2.16. The lowest BCUT2D eigenvalue weighted by molar-refractivity contribution is 0.241. The van der Waals surface area contributed by atoms with Crippen LogP contribution in [0.25, 0.3) is 0 Å². The van der Waals surface area contributed by atoms with E-state index in [1.807, 2.05) is 25.2 Å². The summed E-state index contributed by atoms with van der Waals surface area (Å²) in [6, 6.07) is 14.7. The van der Waals surface area contributed by atoms with Gasteiger partial charge in [-0.25, -0.2) is 4.39 Å². The number of likely N-dealkylation sites (N-methyl/N-ethyl adjacent to an activating group) is 1. The third-order valence-electron chi connectivity index (χ3n) is 3.39. The summed E-state index contributed by atoms with van der Waals surface area (Å²) in [6.45, 7) is 1.27. The van der Waals surface area contributed by atoms with Gasteiger partial charge in [0.1, 0.15) is 5.82 Å². The fourth-order valence-corrected chi connectivity index (χ4v) is 2.67. The molecule has 0 aliphatic rings. The van der Waals surface area contributed by atoms with E-state index in [9.17, 15) is 4.39 Å². The Labute approximate surface area is 127 Å². The normalized spacial score (nSPS) is 12.7. The summed E-state index contributed by atoms with van der Waals surface area (Å²) in [7, 11) is 2.03. The molecular formula is C16H18BrFN2. The second-order valence-corrected chi connectivity index (χ2v) is 5.66. The van der Waals surface area contributed by atoms with Gasteiger partial charge < -0.3 is 5.73 Å².